The van der Waals surface area contributed by atoms with E-state index in [0.29, 0.717) is 11.8 Å². The molecule has 0 saturated heterocycles. The standard InChI is InChI=1S/C9H19O3S/c1-9(2,3)7-5-4-6-8-13(10,11)12/h4-8H2,1-3H3. The predicted octanol–water partition coefficient (Wildman–Crippen LogP) is 2.35. The Balaban J connectivity index is 3.39. The minimum Gasteiger partial charge on any atom is -0.197 e. The minimum atomic E-state index is -3.99. The van der Waals surface area contributed by atoms with Crippen LogP contribution in [0.4, 0.5) is 0 Å². The summed E-state index contributed by atoms with van der Waals surface area (Å²) < 4.78 is 30.7. The van der Waals surface area contributed by atoms with Crippen molar-refractivity contribution in [2.75, 3.05) is 5.75 Å². The molecular weight excluding hydrogens is 188 g/mol. The van der Waals surface area contributed by atoms with Gasteiger partial charge in [0.15, 0.2) is 0 Å². The third kappa shape index (κ3) is 11.9. The first kappa shape index (κ1) is 12.9. The van der Waals surface area contributed by atoms with Gasteiger partial charge in [-0.15, -0.1) is 0 Å². The van der Waals surface area contributed by atoms with Crippen LogP contribution >= 0.6 is 0 Å². The third-order valence-electron chi connectivity index (χ3n) is 1.82. The van der Waals surface area contributed by atoms with E-state index >= 15 is 0 Å². The van der Waals surface area contributed by atoms with Crippen LogP contribution in [0.25, 0.3) is 0 Å². The molecule has 0 unspecified atom stereocenters. The Kier molecular flexibility index (Phi) is 4.92. The molecule has 3 nitrogen and oxygen atoms in total. The summed E-state index contributed by atoms with van der Waals surface area (Å²) in [6.45, 7) is 6.45. The highest BCUT2D eigenvalue weighted by Gasteiger charge is 2.10. The lowest BCUT2D eigenvalue weighted by Crippen LogP contribution is -2.05. The fraction of sp³-hybridized carbons (Fsp3) is 1.00. The average molecular weight is 207 g/mol. The van der Waals surface area contributed by atoms with Gasteiger partial charge in [0.2, 0.25) is 0 Å². The van der Waals surface area contributed by atoms with Crippen LogP contribution in [-0.4, -0.2) is 14.2 Å². The molecule has 0 N–H and O–H groups in total. The molecule has 0 rings (SSSR count). The van der Waals surface area contributed by atoms with E-state index in [9.17, 15) is 13.0 Å². The Morgan fingerprint density at radius 3 is 1.92 bits per heavy atom. The monoisotopic (exact) mass is 207 g/mol. The van der Waals surface area contributed by atoms with E-state index in [2.05, 4.69) is 20.8 Å². The molecule has 4 heteroatoms. The van der Waals surface area contributed by atoms with E-state index in [-0.39, 0.29) is 5.75 Å². The third-order valence-corrected chi connectivity index (χ3v) is 2.61. The molecular formula is C9H19O3S. The fourth-order valence-electron chi connectivity index (χ4n) is 1.11. The van der Waals surface area contributed by atoms with E-state index in [1.165, 1.54) is 0 Å². The van der Waals surface area contributed by atoms with Crippen LogP contribution in [0.5, 0.6) is 0 Å². The maximum absolute atomic E-state index is 10.2. The smallest absolute Gasteiger partial charge is 0.197 e. The predicted molar refractivity (Wildman–Crippen MR) is 52.4 cm³/mol. The molecule has 0 saturated carbocycles. The molecule has 0 aromatic heterocycles. The van der Waals surface area contributed by atoms with Crippen LogP contribution in [0.2, 0.25) is 0 Å². The van der Waals surface area contributed by atoms with Crippen LogP contribution in [0.3, 0.4) is 0 Å². The Morgan fingerprint density at radius 1 is 1.00 bits per heavy atom. The molecule has 0 aliphatic heterocycles. The molecule has 0 fully saturated rings. The van der Waals surface area contributed by atoms with Gasteiger partial charge in [0.1, 0.15) is 0 Å². The van der Waals surface area contributed by atoms with E-state index in [4.69, 9.17) is 0 Å². The van der Waals surface area contributed by atoms with Gasteiger partial charge in [0.25, 0.3) is 10.1 Å². The number of hydrogen-bond donors (Lipinski definition) is 0. The van der Waals surface area contributed by atoms with Gasteiger partial charge in [-0.1, -0.05) is 38.2 Å². The summed E-state index contributed by atoms with van der Waals surface area (Å²) >= 11 is 0. The normalized spacial score (nSPS) is 13.2. The molecule has 0 heterocycles. The molecule has 1 radical (unpaired) electrons. The van der Waals surface area contributed by atoms with Gasteiger partial charge in [-0.25, -0.2) is 0 Å². The van der Waals surface area contributed by atoms with Gasteiger partial charge >= 0.3 is 0 Å². The van der Waals surface area contributed by atoms with Gasteiger partial charge in [-0.05, 0) is 18.3 Å². The zero-order valence-corrected chi connectivity index (χ0v) is 9.49. The zero-order chi connectivity index (χ0) is 10.5. The van der Waals surface area contributed by atoms with Gasteiger partial charge in [0.05, 0.1) is 5.75 Å². The lowest BCUT2D eigenvalue weighted by molar-refractivity contribution is 0.358. The average Bonchev–Trinajstić information content (AvgIpc) is 1.81. The number of unbranched alkanes of at least 4 members (excludes halogenated alkanes) is 2. The second-order valence-corrected chi connectivity index (χ2v) is 6.16. The first-order chi connectivity index (χ1) is 5.71. The lowest BCUT2D eigenvalue weighted by atomic mass is 9.90. The highest BCUT2D eigenvalue weighted by Crippen LogP contribution is 2.21. The Bertz CT molecular complexity index is 224. The van der Waals surface area contributed by atoms with Crippen LogP contribution in [0.1, 0.15) is 46.5 Å². The molecule has 0 spiro atoms. The number of hydrogen-bond acceptors (Lipinski definition) is 2. The summed E-state index contributed by atoms with van der Waals surface area (Å²) in [5, 5.41) is 0. The first-order valence-corrected chi connectivity index (χ1v) is 6.22. The summed E-state index contributed by atoms with van der Waals surface area (Å²) in [7, 11) is -3.99. The Morgan fingerprint density at radius 2 is 1.54 bits per heavy atom. The molecule has 0 aliphatic rings. The first-order valence-electron chi connectivity index (χ1n) is 4.64. The lowest BCUT2D eigenvalue weighted by Gasteiger charge is -2.17. The van der Waals surface area contributed by atoms with Crippen LogP contribution in [-0.2, 0) is 14.7 Å². The van der Waals surface area contributed by atoms with Crippen molar-refractivity contribution in [3.05, 3.63) is 0 Å². The van der Waals surface area contributed by atoms with Crippen molar-refractivity contribution in [3.8, 4) is 0 Å². The molecule has 0 atom stereocenters. The van der Waals surface area contributed by atoms with Crippen molar-refractivity contribution in [1.82, 2.24) is 0 Å². The second kappa shape index (κ2) is 4.96. The van der Waals surface area contributed by atoms with E-state index in [0.717, 1.165) is 19.3 Å². The summed E-state index contributed by atoms with van der Waals surface area (Å²) in [6.07, 6.45) is 3.41. The maximum Gasteiger partial charge on any atom is 0.294 e. The molecule has 0 amide bonds. The fourth-order valence-corrected chi connectivity index (χ4v) is 1.67. The van der Waals surface area contributed by atoms with Crippen molar-refractivity contribution in [3.63, 3.8) is 0 Å². The topological polar surface area (TPSA) is 54.0 Å². The molecule has 0 aromatic rings. The van der Waals surface area contributed by atoms with E-state index in [1.54, 1.807) is 0 Å². The molecule has 0 aromatic carbocycles. The quantitative estimate of drug-likeness (QED) is 0.650. The van der Waals surface area contributed by atoms with Crippen molar-refractivity contribution >= 4 is 10.1 Å². The van der Waals surface area contributed by atoms with Gasteiger partial charge in [0, 0.05) is 0 Å². The molecule has 0 bridgehead atoms. The summed E-state index contributed by atoms with van der Waals surface area (Å²) in [4.78, 5) is 0. The van der Waals surface area contributed by atoms with E-state index < -0.39 is 10.1 Å². The summed E-state index contributed by atoms with van der Waals surface area (Å²) in [5.74, 6) is -0.211. The minimum absolute atomic E-state index is 0.211. The van der Waals surface area contributed by atoms with Crippen molar-refractivity contribution in [2.45, 2.75) is 46.5 Å². The van der Waals surface area contributed by atoms with Crippen LogP contribution in [0, 0.1) is 5.41 Å². The zero-order valence-electron chi connectivity index (χ0n) is 8.67. The highest BCUT2D eigenvalue weighted by atomic mass is 32.2. The van der Waals surface area contributed by atoms with E-state index in [1.807, 2.05) is 0 Å². The van der Waals surface area contributed by atoms with Crippen LogP contribution in [0.15, 0.2) is 0 Å². The van der Waals surface area contributed by atoms with Gasteiger partial charge in [-0.3, -0.25) is 0 Å². The maximum atomic E-state index is 10.2. The molecule has 79 valence electrons. The summed E-state index contributed by atoms with van der Waals surface area (Å²) in [6, 6.07) is 0. The summed E-state index contributed by atoms with van der Waals surface area (Å²) in [5.41, 5.74) is 0.302. The Hall–Kier alpha value is -0.0900. The van der Waals surface area contributed by atoms with Gasteiger partial charge < -0.3 is 0 Å². The van der Waals surface area contributed by atoms with Crippen LogP contribution < -0.4 is 0 Å². The Labute approximate surface area is 81.3 Å². The van der Waals surface area contributed by atoms with Gasteiger partial charge in [-0.2, -0.15) is 8.42 Å². The molecule has 13 heavy (non-hydrogen) atoms. The van der Waals surface area contributed by atoms with Crippen molar-refractivity contribution in [1.29, 1.82) is 0 Å². The number of rotatable bonds is 5. The van der Waals surface area contributed by atoms with Crippen molar-refractivity contribution < 1.29 is 13.0 Å². The van der Waals surface area contributed by atoms with Crippen molar-refractivity contribution in [2.24, 2.45) is 5.41 Å². The molecule has 0 aliphatic carbocycles. The highest BCUT2D eigenvalue weighted by molar-refractivity contribution is 7.85. The second-order valence-electron chi connectivity index (χ2n) is 4.63. The largest absolute Gasteiger partial charge is 0.294 e. The SMILES string of the molecule is CC(C)(C)CCCCCS([O])(=O)=O.